The molecule has 2 aromatic heterocycles. The Labute approximate surface area is 144 Å². The normalized spacial score (nSPS) is 19.8. The minimum Gasteiger partial charge on any atom is -0.369 e. The van der Waals surface area contributed by atoms with Gasteiger partial charge < -0.3 is 9.64 Å². The molecule has 0 saturated carbocycles. The van der Waals surface area contributed by atoms with Crippen LogP contribution in [0.1, 0.15) is 43.7 Å². The van der Waals surface area contributed by atoms with E-state index in [0.29, 0.717) is 0 Å². The van der Waals surface area contributed by atoms with Crippen LogP contribution in [0.3, 0.4) is 0 Å². The first-order valence-electron chi connectivity index (χ1n) is 8.03. The molecule has 4 nitrogen and oxygen atoms in total. The number of amides is 1. The minimum atomic E-state index is -0.156. The molecular formula is C17H20N2O2S2. The molecule has 0 N–H and O–H groups in total. The predicted octanol–water partition coefficient (Wildman–Crippen LogP) is 3.53. The Morgan fingerprint density at radius 2 is 2.13 bits per heavy atom. The molecule has 1 amide bonds. The van der Waals surface area contributed by atoms with E-state index in [1.54, 1.807) is 11.3 Å². The van der Waals surface area contributed by atoms with Gasteiger partial charge in [0.25, 0.3) is 5.91 Å². The number of ether oxygens (including phenoxy) is 1. The number of thiophene rings is 1. The van der Waals surface area contributed by atoms with E-state index in [2.05, 4.69) is 16.4 Å². The number of piperidine rings is 1. The van der Waals surface area contributed by atoms with Gasteiger partial charge in [-0.3, -0.25) is 4.79 Å². The number of aromatic nitrogens is 1. The molecule has 2 aliphatic heterocycles. The Morgan fingerprint density at radius 3 is 2.83 bits per heavy atom. The first kappa shape index (κ1) is 15.3. The third-order valence-corrected chi connectivity index (χ3v) is 7.07. The smallest absolute Gasteiger partial charge is 0.265 e. The van der Waals surface area contributed by atoms with Crippen molar-refractivity contribution >= 4 is 28.6 Å². The molecule has 6 heteroatoms. The SMILES string of the molecule is Cc1nc(C)c(C(=O)N2CCC3(CC2)OCCc2ccsc23)s1. The lowest BCUT2D eigenvalue weighted by atomic mass is 9.85. The number of thiazole rings is 1. The molecule has 4 heterocycles. The minimum absolute atomic E-state index is 0.130. The second kappa shape index (κ2) is 5.69. The van der Waals surface area contributed by atoms with E-state index >= 15 is 0 Å². The van der Waals surface area contributed by atoms with Crippen molar-refractivity contribution in [3.63, 3.8) is 0 Å². The third-order valence-electron chi connectivity index (χ3n) is 4.87. The molecule has 2 aromatic rings. The second-order valence-corrected chi connectivity index (χ2v) is 8.43. The van der Waals surface area contributed by atoms with Gasteiger partial charge in [0, 0.05) is 18.0 Å². The topological polar surface area (TPSA) is 42.4 Å². The van der Waals surface area contributed by atoms with E-state index in [-0.39, 0.29) is 11.5 Å². The van der Waals surface area contributed by atoms with E-state index in [4.69, 9.17) is 4.74 Å². The van der Waals surface area contributed by atoms with Crippen LogP contribution in [0.4, 0.5) is 0 Å². The van der Waals surface area contributed by atoms with Gasteiger partial charge in [-0.1, -0.05) is 0 Å². The highest BCUT2D eigenvalue weighted by molar-refractivity contribution is 7.13. The van der Waals surface area contributed by atoms with Gasteiger partial charge in [0.15, 0.2) is 0 Å². The molecule has 23 heavy (non-hydrogen) atoms. The Kier molecular flexibility index (Phi) is 3.78. The fourth-order valence-corrected chi connectivity index (χ4v) is 5.73. The van der Waals surface area contributed by atoms with Gasteiger partial charge >= 0.3 is 0 Å². The lowest BCUT2D eigenvalue weighted by molar-refractivity contribution is -0.0905. The molecule has 0 bridgehead atoms. The van der Waals surface area contributed by atoms with E-state index in [9.17, 15) is 4.79 Å². The van der Waals surface area contributed by atoms with Crippen LogP contribution in [0.15, 0.2) is 11.4 Å². The maximum atomic E-state index is 12.8. The molecule has 0 radical (unpaired) electrons. The van der Waals surface area contributed by atoms with Crippen molar-refractivity contribution in [1.82, 2.24) is 9.88 Å². The fraction of sp³-hybridized carbons (Fsp3) is 0.529. The van der Waals surface area contributed by atoms with Crippen LogP contribution in [0.25, 0.3) is 0 Å². The lowest BCUT2D eigenvalue weighted by Crippen LogP contribution is -2.47. The van der Waals surface area contributed by atoms with Crippen molar-refractivity contribution in [2.24, 2.45) is 0 Å². The van der Waals surface area contributed by atoms with Crippen molar-refractivity contribution in [2.45, 2.75) is 38.7 Å². The van der Waals surface area contributed by atoms with E-state index in [1.807, 2.05) is 18.7 Å². The Balaban J connectivity index is 1.52. The average molecular weight is 348 g/mol. The monoisotopic (exact) mass is 348 g/mol. The number of likely N-dealkylation sites (tertiary alicyclic amines) is 1. The number of nitrogens with zero attached hydrogens (tertiary/aromatic N) is 2. The van der Waals surface area contributed by atoms with Crippen LogP contribution in [-0.4, -0.2) is 35.5 Å². The van der Waals surface area contributed by atoms with Gasteiger partial charge in [0.1, 0.15) is 10.5 Å². The fourth-order valence-electron chi connectivity index (χ4n) is 3.67. The molecule has 4 rings (SSSR count). The number of aryl methyl sites for hydroxylation is 2. The molecule has 0 aliphatic carbocycles. The summed E-state index contributed by atoms with van der Waals surface area (Å²) in [6.45, 7) is 6.18. The van der Waals surface area contributed by atoms with E-state index in [1.165, 1.54) is 21.8 Å². The number of fused-ring (bicyclic) bond motifs is 2. The van der Waals surface area contributed by atoms with Gasteiger partial charge in [-0.25, -0.2) is 4.98 Å². The van der Waals surface area contributed by atoms with Crippen LogP contribution in [0.5, 0.6) is 0 Å². The van der Waals surface area contributed by atoms with Crippen LogP contribution in [0.2, 0.25) is 0 Å². The zero-order valence-electron chi connectivity index (χ0n) is 13.4. The van der Waals surface area contributed by atoms with Crippen molar-refractivity contribution in [3.05, 3.63) is 37.5 Å². The maximum absolute atomic E-state index is 12.8. The van der Waals surface area contributed by atoms with Crippen LogP contribution in [-0.2, 0) is 16.8 Å². The first-order valence-corrected chi connectivity index (χ1v) is 9.73. The van der Waals surface area contributed by atoms with Gasteiger partial charge in [0.2, 0.25) is 0 Å². The van der Waals surface area contributed by atoms with Gasteiger partial charge in [-0.05, 0) is 50.1 Å². The molecule has 0 atom stereocenters. The predicted molar refractivity (Wildman–Crippen MR) is 92.4 cm³/mol. The summed E-state index contributed by atoms with van der Waals surface area (Å²) in [6.07, 6.45) is 2.80. The largest absolute Gasteiger partial charge is 0.369 e. The lowest BCUT2D eigenvalue weighted by Gasteiger charge is -2.43. The number of carbonyl (C=O) groups excluding carboxylic acids is 1. The Hall–Kier alpha value is -1.24. The summed E-state index contributed by atoms with van der Waals surface area (Å²) in [5.74, 6) is 0.130. The molecule has 2 aliphatic rings. The number of hydrogen-bond donors (Lipinski definition) is 0. The summed E-state index contributed by atoms with van der Waals surface area (Å²) >= 11 is 3.31. The molecule has 0 aromatic carbocycles. The Bertz CT molecular complexity index is 742. The van der Waals surface area contributed by atoms with Crippen LogP contribution < -0.4 is 0 Å². The van der Waals surface area contributed by atoms with E-state index in [0.717, 1.165) is 54.5 Å². The third kappa shape index (κ3) is 2.53. The van der Waals surface area contributed by atoms with Crippen LogP contribution in [0, 0.1) is 13.8 Å². The summed E-state index contributed by atoms with van der Waals surface area (Å²) in [5, 5.41) is 3.13. The maximum Gasteiger partial charge on any atom is 0.265 e. The average Bonchev–Trinajstić information content (AvgIpc) is 3.15. The number of hydrogen-bond acceptors (Lipinski definition) is 5. The summed E-state index contributed by atoms with van der Waals surface area (Å²) < 4.78 is 6.22. The van der Waals surface area contributed by atoms with Crippen molar-refractivity contribution < 1.29 is 9.53 Å². The standard InChI is InChI=1S/C17H20N2O2S2/c1-11-14(23-12(2)18-11)16(20)19-7-5-17(6-8-19)15-13(3-9-21-17)4-10-22-15/h4,10H,3,5-9H2,1-2H3. The van der Waals surface area contributed by atoms with Crippen LogP contribution >= 0.6 is 22.7 Å². The molecular weight excluding hydrogens is 328 g/mol. The van der Waals surface area contributed by atoms with Crippen molar-refractivity contribution in [2.75, 3.05) is 19.7 Å². The first-order chi connectivity index (χ1) is 11.1. The summed E-state index contributed by atoms with van der Waals surface area (Å²) in [4.78, 5) is 21.3. The molecule has 0 unspecified atom stereocenters. The second-order valence-electron chi connectivity index (χ2n) is 6.31. The van der Waals surface area contributed by atoms with Crippen molar-refractivity contribution in [3.8, 4) is 0 Å². The highest BCUT2D eigenvalue weighted by atomic mass is 32.1. The van der Waals surface area contributed by atoms with Gasteiger partial charge in [-0.2, -0.15) is 0 Å². The Morgan fingerprint density at radius 1 is 1.35 bits per heavy atom. The van der Waals surface area contributed by atoms with Gasteiger partial charge in [-0.15, -0.1) is 22.7 Å². The quantitative estimate of drug-likeness (QED) is 0.792. The summed E-state index contributed by atoms with van der Waals surface area (Å²) in [6, 6.07) is 2.23. The molecule has 1 fully saturated rings. The molecule has 1 saturated heterocycles. The van der Waals surface area contributed by atoms with Gasteiger partial charge in [0.05, 0.1) is 17.3 Å². The highest BCUT2D eigenvalue weighted by Crippen LogP contribution is 2.44. The zero-order valence-corrected chi connectivity index (χ0v) is 15.1. The zero-order chi connectivity index (χ0) is 16.0. The highest BCUT2D eigenvalue weighted by Gasteiger charge is 2.42. The van der Waals surface area contributed by atoms with Crippen molar-refractivity contribution in [1.29, 1.82) is 0 Å². The number of carbonyl (C=O) groups is 1. The van der Waals surface area contributed by atoms with E-state index < -0.39 is 0 Å². The molecule has 122 valence electrons. The molecule has 1 spiro atoms. The number of rotatable bonds is 1. The summed E-state index contributed by atoms with van der Waals surface area (Å²) in [5.41, 5.74) is 2.14. The summed E-state index contributed by atoms with van der Waals surface area (Å²) in [7, 11) is 0.